The van der Waals surface area contributed by atoms with Gasteiger partial charge in [0.25, 0.3) is 5.56 Å². The first-order valence-electron chi connectivity index (χ1n) is 13.3. The van der Waals surface area contributed by atoms with Crippen LogP contribution in [0.25, 0.3) is 0 Å². The van der Waals surface area contributed by atoms with E-state index in [1.165, 1.54) is 15.9 Å². The summed E-state index contributed by atoms with van der Waals surface area (Å²) in [6, 6.07) is 0.142. The smallest absolute Gasteiger partial charge is 0.330 e. The number of unbranched alkanes of at least 4 members (excludes halogenated alkanes) is 1. The number of rotatable bonds is 10. The third-order valence-electron chi connectivity index (χ3n) is 7.24. The zero-order chi connectivity index (χ0) is 25.4. The quantitative estimate of drug-likeness (QED) is 0.458. The van der Waals surface area contributed by atoms with Gasteiger partial charge < -0.3 is 16.0 Å². The molecule has 2 heterocycles. The van der Waals surface area contributed by atoms with Crippen molar-refractivity contribution >= 4 is 23.3 Å². The molecule has 10 nitrogen and oxygen atoms in total. The standard InChI is InChI=1S/C25H42N6O4/c1-3-5-14-30(21-22(26)31(13-4-2)25(35)28-24(21)34)20(32)17-29-15-11-19(12-16-29)27-23(33)18-9-7-6-8-10-18/h18-19H,3-17,26H2,1-2H3,(H,27,33)(H,28,34,35). The number of nitrogens with one attached hydrogen (secondary N) is 2. The Morgan fingerprint density at radius 2 is 1.74 bits per heavy atom. The Labute approximate surface area is 207 Å². The van der Waals surface area contributed by atoms with E-state index in [0.717, 1.165) is 44.9 Å². The molecule has 4 N–H and O–H groups in total. The molecule has 0 bridgehead atoms. The van der Waals surface area contributed by atoms with Crippen LogP contribution in [0.2, 0.25) is 0 Å². The average Bonchev–Trinajstić information content (AvgIpc) is 2.85. The molecule has 1 aromatic rings. The molecule has 1 aromatic heterocycles. The third kappa shape index (κ3) is 6.96. The van der Waals surface area contributed by atoms with E-state index in [0.29, 0.717) is 39.0 Å². The van der Waals surface area contributed by atoms with Crippen molar-refractivity contribution in [3.8, 4) is 0 Å². The van der Waals surface area contributed by atoms with Crippen LogP contribution < -0.4 is 27.2 Å². The zero-order valence-corrected chi connectivity index (χ0v) is 21.3. The number of piperidine rings is 1. The lowest BCUT2D eigenvalue weighted by Gasteiger charge is -2.34. The number of carbonyl (C=O) groups excluding carboxylic acids is 2. The molecule has 35 heavy (non-hydrogen) atoms. The van der Waals surface area contributed by atoms with Gasteiger partial charge in [0.05, 0.1) is 6.54 Å². The summed E-state index contributed by atoms with van der Waals surface area (Å²) in [6.45, 7) is 6.22. The molecule has 1 aliphatic carbocycles. The number of nitrogens with zero attached hydrogens (tertiary/aromatic N) is 3. The number of nitrogens with two attached hydrogens (primary N) is 1. The molecule has 2 fully saturated rings. The predicted molar refractivity (Wildman–Crippen MR) is 137 cm³/mol. The molecular formula is C25H42N6O4. The molecule has 0 aromatic carbocycles. The second-order valence-corrected chi connectivity index (χ2v) is 9.94. The van der Waals surface area contributed by atoms with Gasteiger partial charge in [0.1, 0.15) is 5.82 Å². The van der Waals surface area contributed by atoms with Gasteiger partial charge in [-0.05, 0) is 38.5 Å². The van der Waals surface area contributed by atoms with Crippen molar-refractivity contribution in [3.05, 3.63) is 20.8 Å². The van der Waals surface area contributed by atoms with Gasteiger partial charge in [-0.1, -0.05) is 39.5 Å². The number of likely N-dealkylation sites (tertiary alicyclic amines) is 1. The normalized spacial score (nSPS) is 17.9. The Bertz CT molecular complexity index is 973. The fourth-order valence-corrected chi connectivity index (χ4v) is 5.16. The van der Waals surface area contributed by atoms with Gasteiger partial charge in [-0.15, -0.1) is 0 Å². The lowest BCUT2D eigenvalue weighted by atomic mass is 9.88. The van der Waals surface area contributed by atoms with E-state index in [1.807, 2.05) is 13.8 Å². The molecule has 1 saturated carbocycles. The lowest BCUT2D eigenvalue weighted by molar-refractivity contribution is -0.127. The Kier molecular flexibility index (Phi) is 9.94. The van der Waals surface area contributed by atoms with Crippen molar-refractivity contribution in [3.63, 3.8) is 0 Å². The highest BCUT2D eigenvalue weighted by Crippen LogP contribution is 2.24. The van der Waals surface area contributed by atoms with E-state index in [2.05, 4.69) is 15.2 Å². The molecule has 1 aliphatic heterocycles. The van der Waals surface area contributed by atoms with Gasteiger partial charge >= 0.3 is 5.69 Å². The van der Waals surface area contributed by atoms with E-state index >= 15 is 0 Å². The van der Waals surface area contributed by atoms with Crippen LogP contribution in [0.5, 0.6) is 0 Å². The minimum Gasteiger partial charge on any atom is -0.383 e. The third-order valence-corrected chi connectivity index (χ3v) is 7.24. The highest BCUT2D eigenvalue weighted by Gasteiger charge is 2.29. The van der Waals surface area contributed by atoms with E-state index < -0.39 is 11.2 Å². The lowest BCUT2D eigenvalue weighted by Crippen LogP contribution is -2.50. The number of nitrogen functional groups attached to an aromatic ring is 1. The van der Waals surface area contributed by atoms with E-state index in [-0.39, 0.29) is 41.8 Å². The minimum atomic E-state index is -0.631. The molecule has 0 spiro atoms. The van der Waals surface area contributed by atoms with Crippen LogP contribution in [0.1, 0.15) is 78.1 Å². The van der Waals surface area contributed by atoms with Gasteiger partial charge in [0.2, 0.25) is 11.8 Å². The first-order valence-corrected chi connectivity index (χ1v) is 13.3. The second kappa shape index (κ2) is 12.9. The summed E-state index contributed by atoms with van der Waals surface area (Å²) in [5, 5.41) is 3.22. The molecule has 0 unspecified atom stereocenters. The monoisotopic (exact) mass is 490 g/mol. The van der Waals surface area contributed by atoms with Crippen LogP contribution in [0, 0.1) is 5.92 Å². The predicted octanol–water partition coefficient (Wildman–Crippen LogP) is 1.82. The molecular weight excluding hydrogens is 448 g/mol. The summed E-state index contributed by atoms with van der Waals surface area (Å²) in [4.78, 5) is 56.7. The first-order chi connectivity index (χ1) is 16.8. The maximum absolute atomic E-state index is 13.4. The minimum absolute atomic E-state index is 0.0363. The summed E-state index contributed by atoms with van der Waals surface area (Å²) in [6.07, 6.45) is 9.30. The Morgan fingerprint density at radius 3 is 2.37 bits per heavy atom. The van der Waals surface area contributed by atoms with Crippen LogP contribution >= 0.6 is 0 Å². The molecule has 0 atom stereocenters. The van der Waals surface area contributed by atoms with E-state index in [1.54, 1.807) is 0 Å². The molecule has 196 valence electrons. The van der Waals surface area contributed by atoms with Crippen molar-refractivity contribution in [2.45, 2.75) is 90.6 Å². The van der Waals surface area contributed by atoms with Gasteiger partial charge in [0.15, 0.2) is 5.69 Å². The Morgan fingerprint density at radius 1 is 1.06 bits per heavy atom. The summed E-state index contributed by atoms with van der Waals surface area (Å²) in [5.41, 5.74) is 5.11. The number of hydrogen-bond acceptors (Lipinski definition) is 6. The van der Waals surface area contributed by atoms with Crippen LogP contribution in [0.15, 0.2) is 9.59 Å². The second-order valence-electron chi connectivity index (χ2n) is 9.94. The number of anilines is 2. The SMILES string of the molecule is CCCCN(C(=O)CN1CCC(NC(=O)C2CCCCC2)CC1)c1c(N)n(CCC)c(=O)[nH]c1=O. The van der Waals surface area contributed by atoms with Crippen LogP contribution in [-0.4, -0.2) is 58.5 Å². The maximum atomic E-state index is 13.4. The van der Waals surface area contributed by atoms with Crippen molar-refractivity contribution in [2.24, 2.45) is 5.92 Å². The highest BCUT2D eigenvalue weighted by atomic mass is 16.2. The molecule has 1 saturated heterocycles. The van der Waals surface area contributed by atoms with Crippen LogP contribution in [0.4, 0.5) is 11.5 Å². The summed E-state index contributed by atoms with van der Waals surface area (Å²) < 4.78 is 1.32. The zero-order valence-electron chi connectivity index (χ0n) is 21.3. The molecule has 10 heteroatoms. The topological polar surface area (TPSA) is 134 Å². The van der Waals surface area contributed by atoms with Gasteiger partial charge in [0, 0.05) is 38.1 Å². The van der Waals surface area contributed by atoms with Crippen molar-refractivity contribution < 1.29 is 9.59 Å². The largest absolute Gasteiger partial charge is 0.383 e. The van der Waals surface area contributed by atoms with Gasteiger partial charge in [-0.3, -0.25) is 28.8 Å². The summed E-state index contributed by atoms with van der Waals surface area (Å²) in [7, 11) is 0. The van der Waals surface area contributed by atoms with E-state index in [4.69, 9.17) is 5.73 Å². The van der Waals surface area contributed by atoms with Crippen LogP contribution in [0.3, 0.4) is 0 Å². The molecule has 2 aliphatic rings. The number of carbonyl (C=O) groups is 2. The molecule has 0 radical (unpaired) electrons. The van der Waals surface area contributed by atoms with Crippen molar-refractivity contribution in [1.29, 1.82) is 0 Å². The Balaban J connectivity index is 1.64. The number of aromatic amines is 1. The summed E-state index contributed by atoms with van der Waals surface area (Å²) in [5.74, 6) is 0.160. The van der Waals surface area contributed by atoms with Crippen molar-refractivity contribution in [1.82, 2.24) is 19.8 Å². The van der Waals surface area contributed by atoms with Gasteiger partial charge in [-0.2, -0.15) is 0 Å². The fourth-order valence-electron chi connectivity index (χ4n) is 5.16. The number of H-pyrrole nitrogens is 1. The van der Waals surface area contributed by atoms with Gasteiger partial charge in [-0.25, -0.2) is 4.79 Å². The fraction of sp³-hybridized carbons (Fsp3) is 0.760. The summed E-state index contributed by atoms with van der Waals surface area (Å²) >= 11 is 0. The number of hydrogen-bond donors (Lipinski definition) is 3. The number of amides is 2. The average molecular weight is 491 g/mol. The number of aromatic nitrogens is 2. The highest BCUT2D eigenvalue weighted by molar-refractivity contribution is 5.96. The maximum Gasteiger partial charge on any atom is 0.330 e. The first kappa shape index (κ1) is 27.0. The molecule has 2 amide bonds. The Hall–Kier alpha value is -2.62. The van der Waals surface area contributed by atoms with Crippen molar-refractivity contribution in [2.75, 3.05) is 36.8 Å². The van der Waals surface area contributed by atoms with Crippen LogP contribution in [-0.2, 0) is 16.1 Å². The molecule has 3 rings (SSSR count). The van der Waals surface area contributed by atoms with E-state index in [9.17, 15) is 19.2 Å².